The molecular weight excluding hydrogens is 392 g/mol. The zero-order valence-electron chi connectivity index (χ0n) is 17.0. The maximum Gasteiger partial charge on any atom is 0.255 e. The monoisotopic (exact) mass is 414 g/mol. The summed E-state index contributed by atoms with van der Waals surface area (Å²) in [5.41, 5.74) is 1.40. The summed E-state index contributed by atoms with van der Waals surface area (Å²) < 4.78 is 5.29. The number of amides is 3. The Morgan fingerprint density at radius 3 is 2.32 bits per heavy atom. The molecule has 1 aliphatic heterocycles. The third-order valence-electron chi connectivity index (χ3n) is 7.38. The Morgan fingerprint density at radius 1 is 0.968 bits per heavy atom. The molecule has 0 spiro atoms. The van der Waals surface area contributed by atoms with Crippen LogP contribution in [-0.4, -0.2) is 24.8 Å². The van der Waals surface area contributed by atoms with E-state index in [0.29, 0.717) is 34.5 Å². The highest BCUT2D eigenvalue weighted by molar-refractivity contribution is 6.23. The number of allylic oxidation sites excluding steroid dienone is 2. The molecule has 1 heterocycles. The Bertz CT molecular complexity index is 1120. The van der Waals surface area contributed by atoms with Gasteiger partial charge in [-0.1, -0.05) is 30.4 Å². The molecular formula is C25H22N2O4. The van der Waals surface area contributed by atoms with E-state index in [2.05, 4.69) is 17.5 Å². The number of para-hydroxylation sites is 2. The maximum atomic E-state index is 13.3. The number of methoxy groups -OCH3 is 1. The Morgan fingerprint density at radius 2 is 1.65 bits per heavy atom. The SMILES string of the molecule is COc1ccccc1NC(=O)c1cccc(N2C(=O)[C@@H]3[C@@H]4C=C[C@H]([C@H]5C[C@H]45)[C@@H]3C2=O)c1. The highest BCUT2D eigenvalue weighted by Crippen LogP contribution is 2.65. The number of hydrogen-bond donors (Lipinski definition) is 1. The van der Waals surface area contributed by atoms with Crippen molar-refractivity contribution in [3.8, 4) is 5.75 Å². The molecule has 1 saturated heterocycles. The molecule has 6 heteroatoms. The molecule has 2 bridgehead atoms. The quantitative estimate of drug-likeness (QED) is 0.614. The highest BCUT2D eigenvalue weighted by atomic mass is 16.5. The van der Waals surface area contributed by atoms with Crippen molar-refractivity contribution in [2.75, 3.05) is 17.3 Å². The van der Waals surface area contributed by atoms with Gasteiger partial charge in [0.1, 0.15) is 5.75 Å². The second-order valence-corrected chi connectivity index (χ2v) is 8.87. The number of benzene rings is 2. The van der Waals surface area contributed by atoms with Crippen LogP contribution in [0.25, 0.3) is 0 Å². The smallest absolute Gasteiger partial charge is 0.255 e. The first-order valence-electron chi connectivity index (χ1n) is 10.7. The van der Waals surface area contributed by atoms with Gasteiger partial charge in [0.25, 0.3) is 5.91 Å². The molecule has 2 aromatic carbocycles. The second-order valence-electron chi connectivity index (χ2n) is 8.87. The van der Waals surface area contributed by atoms with E-state index in [1.165, 1.54) is 4.90 Å². The van der Waals surface area contributed by atoms with Crippen LogP contribution >= 0.6 is 0 Å². The summed E-state index contributed by atoms with van der Waals surface area (Å²) in [6, 6.07) is 13.9. The number of carbonyl (C=O) groups is 3. The number of rotatable bonds is 4. The maximum absolute atomic E-state index is 13.3. The predicted octanol–water partition coefficient (Wildman–Crippen LogP) is 3.51. The normalized spacial score (nSPS) is 32.0. The molecule has 1 N–H and O–H groups in total. The van der Waals surface area contributed by atoms with Crippen LogP contribution in [0.2, 0.25) is 0 Å². The Balaban J connectivity index is 1.29. The molecule has 2 aromatic rings. The molecule has 6 nitrogen and oxygen atoms in total. The van der Waals surface area contributed by atoms with Crippen molar-refractivity contribution in [2.45, 2.75) is 6.42 Å². The van der Waals surface area contributed by atoms with Gasteiger partial charge < -0.3 is 10.1 Å². The molecule has 4 aliphatic carbocycles. The number of anilines is 2. The first-order chi connectivity index (χ1) is 15.1. The third kappa shape index (κ3) is 2.60. The minimum absolute atomic E-state index is 0.123. The predicted molar refractivity (Wildman–Crippen MR) is 115 cm³/mol. The number of nitrogens with one attached hydrogen (secondary N) is 1. The van der Waals surface area contributed by atoms with Crippen LogP contribution in [0.1, 0.15) is 16.8 Å². The average Bonchev–Trinajstić information content (AvgIpc) is 3.57. The van der Waals surface area contributed by atoms with Crippen molar-refractivity contribution in [3.05, 3.63) is 66.2 Å². The van der Waals surface area contributed by atoms with E-state index in [4.69, 9.17) is 4.74 Å². The van der Waals surface area contributed by atoms with Gasteiger partial charge in [-0.15, -0.1) is 0 Å². The lowest BCUT2D eigenvalue weighted by Gasteiger charge is -2.37. The zero-order valence-corrected chi connectivity index (χ0v) is 17.0. The molecule has 3 fully saturated rings. The minimum Gasteiger partial charge on any atom is -0.495 e. The van der Waals surface area contributed by atoms with Crippen LogP contribution in [0.4, 0.5) is 11.4 Å². The molecule has 156 valence electrons. The van der Waals surface area contributed by atoms with Crippen LogP contribution < -0.4 is 15.0 Å². The van der Waals surface area contributed by atoms with E-state index in [1.807, 2.05) is 12.1 Å². The van der Waals surface area contributed by atoms with E-state index in [1.54, 1.807) is 43.5 Å². The van der Waals surface area contributed by atoms with Crippen LogP contribution in [0.15, 0.2) is 60.7 Å². The number of nitrogens with zero attached hydrogens (tertiary/aromatic N) is 1. The molecule has 0 radical (unpaired) electrons. The summed E-state index contributed by atoms with van der Waals surface area (Å²) in [4.78, 5) is 40.8. The average molecular weight is 414 g/mol. The molecule has 0 unspecified atom stereocenters. The summed E-state index contributed by atoms with van der Waals surface area (Å²) in [7, 11) is 1.54. The van der Waals surface area contributed by atoms with E-state index in [0.717, 1.165) is 6.42 Å². The van der Waals surface area contributed by atoms with Crippen molar-refractivity contribution in [1.82, 2.24) is 0 Å². The molecule has 31 heavy (non-hydrogen) atoms. The zero-order chi connectivity index (χ0) is 21.3. The number of carbonyl (C=O) groups excluding carboxylic acids is 3. The molecule has 7 rings (SSSR count). The fourth-order valence-electron chi connectivity index (χ4n) is 5.94. The van der Waals surface area contributed by atoms with Crippen molar-refractivity contribution in [2.24, 2.45) is 35.5 Å². The van der Waals surface area contributed by atoms with Gasteiger partial charge in [-0.2, -0.15) is 0 Å². The summed E-state index contributed by atoms with van der Waals surface area (Å²) >= 11 is 0. The van der Waals surface area contributed by atoms with Gasteiger partial charge in [-0.05, 0) is 60.4 Å². The largest absolute Gasteiger partial charge is 0.495 e. The minimum atomic E-state index is -0.328. The van der Waals surface area contributed by atoms with E-state index in [-0.39, 0.29) is 41.4 Å². The van der Waals surface area contributed by atoms with Gasteiger partial charge >= 0.3 is 0 Å². The van der Waals surface area contributed by atoms with Crippen molar-refractivity contribution in [3.63, 3.8) is 0 Å². The second kappa shape index (κ2) is 6.54. The van der Waals surface area contributed by atoms with Crippen LogP contribution in [0.3, 0.4) is 0 Å². The highest BCUT2D eigenvalue weighted by Gasteiger charge is 2.67. The Hall–Kier alpha value is -3.41. The van der Waals surface area contributed by atoms with E-state index >= 15 is 0 Å². The lowest BCUT2D eigenvalue weighted by atomic mass is 9.63. The summed E-state index contributed by atoms with van der Waals surface area (Å²) in [5, 5.41) is 2.84. The van der Waals surface area contributed by atoms with Gasteiger partial charge in [-0.3, -0.25) is 14.4 Å². The van der Waals surface area contributed by atoms with Crippen molar-refractivity contribution in [1.29, 1.82) is 0 Å². The van der Waals surface area contributed by atoms with Gasteiger partial charge in [0.05, 0.1) is 30.3 Å². The first-order valence-corrected chi connectivity index (χ1v) is 10.7. The fraction of sp³-hybridized carbons (Fsp3) is 0.320. The van der Waals surface area contributed by atoms with E-state index < -0.39 is 0 Å². The summed E-state index contributed by atoms with van der Waals surface area (Å²) in [6.07, 6.45) is 5.45. The van der Waals surface area contributed by atoms with Crippen molar-refractivity contribution < 1.29 is 19.1 Å². The number of hydrogen-bond acceptors (Lipinski definition) is 4. The first kappa shape index (κ1) is 18.4. The molecule has 6 atom stereocenters. The number of imide groups is 1. The molecule has 3 amide bonds. The van der Waals surface area contributed by atoms with Gasteiger partial charge in [0.15, 0.2) is 0 Å². The standard InChI is InChI=1S/C25H22N2O4/c1-31-20-8-3-2-7-19(20)26-23(28)13-5-4-6-14(11-13)27-24(29)21-15-9-10-16(18-12-17(15)18)22(21)25(27)30/h2-11,15-18,21-22H,12H2,1H3,(H,26,28)/t15-,16-,17-,18-,21-,22+/m1/s1. The number of ether oxygens (including phenoxy) is 1. The lowest BCUT2D eigenvalue weighted by molar-refractivity contribution is -0.124. The third-order valence-corrected chi connectivity index (χ3v) is 7.38. The van der Waals surface area contributed by atoms with Gasteiger partial charge in [0, 0.05) is 5.56 Å². The lowest BCUT2D eigenvalue weighted by Crippen LogP contribution is -2.40. The van der Waals surface area contributed by atoms with Crippen LogP contribution in [-0.2, 0) is 9.59 Å². The van der Waals surface area contributed by atoms with Gasteiger partial charge in [0.2, 0.25) is 11.8 Å². The van der Waals surface area contributed by atoms with Crippen LogP contribution in [0.5, 0.6) is 5.75 Å². The van der Waals surface area contributed by atoms with Crippen LogP contribution in [0, 0.1) is 35.5 Å². The molecule has 0 aromatic heterocycles. The molecule has 5 aliphatic rings. The summed E-state index contributed by atoms with van der Waals surface area (Å²) in [6.45, 7) is 0. The fourth-order valence-corrected chi connectivity index (χ4v) is 5.94. The van der Waals surface area contributed by atoms with Gasteiger partial charge in [-0.25, -0.2) is 4.90 Å². The Kier molecular flexibility index (Phi) is 3.88. The Labute approximate surface area is 179 Å². The van der Waals surface area contributed by atoms with E-state index in [9.17, 15) is 14.4 Å². The molecule has 2 saturated carbocycles. The van der Waals surface area contributed by atoms with Crippen molar-refractivity contribution >= 4 is 29.1 Å². The summed E-state index contributed by atoms with van der Waals surface area (Å²) in [5.74, 6) is 0.959. The topological polar surface area (TPSA) is 75.7 Å².